The summed E-state index contributed by atoms with van der Waals surface area (Å²) >= 11 is 0. The summed E-state index contributed by atoms with van der Waals surface area (Å²) in [5.41, 5.74) is 18.4. The summed E-state index contributed by atoms with van der Waals surface area (Å²) in [6.07, 6.45) is 0. The van der Waals surface area contributed by atoms with Crippen molar-refractivity contribution in [1.29, 1.82) is 0 Å². The van der Waals surface area contributed by atoms with Crippen LogP contribution < -0.4 is 4.90 Å². The van der Waals surface area contributed by atoms with Gasteiger partial charge in [-0.05, 0) is 98.6 Å². The first-order valence-corrected chi connectivity index (χ1v) is 21.3. The maximum atomic E-state index is 2.47. The van der Waals surface area contributed by atoms with Gasteiger partial charge in [-0.2, -0.15) is 0 Å². The molecule has 0 saturated heterocycles. The summed E-state index contributed by atoms with van der Waals surface area (Å²) in [4.78, 5) is 2.47. The van der Waals surface area contributed by atoms with Crippen molar-refractivity contribution < 1.29 is 0 Å². The minimum absolute atomic E-state index is 1.07. The highest BCUT2D eigenvalue weighted by atomic mass is 15.1. The van der Waals surface area contributed by atoms with E-state index >= 15 is 0 Å². The number of aromatic nitrogens is 1. The molecule has 11 rings (SSSR count). The fourth-order valence-electron chi connectivity index (χ4n) is 9.12. The maximum absolute atomic E-state index is 2.47. The molecule has 0 aliphatic carbocycles. The molecular formula is C60H42N2. The smallest absolute Gasteiger partial charge is 0.0561 e. The van der Waals surface area contributed by atoms with Gasteiger partial charge in [0.15, 0.2) is 0 Å². The van der Waals surface area contributed by atoms with Crippen molar-refractivity contribution in [3.05, 3.63) is 255 Å². The van der Waals surface area contributed by atoms with Crippen molar-refractivity contribution in [2.24, 2.45) is 0 Å². The minimum atomic E-state index is 1.07. The van der Waals surface area contributed by atoms with E-state index in [0.29, 0.717) is 0 Å². The van der Waals surface area contributed by atoms with Crippen molar-refractivity contribution in [2.75, 3.05) is 4.90 Å². The second-order valence-electron chi connectivity index (χ2n) is 15.7. The van der Waals surface area contributed by atoms with Crippen LogP contribution >= 0.6 is 0 Å². The normalized spacial score (nSPS) is 11.2. The SMILES string of the molecule is c1ccc(-c2ccc(N(c3ccc4c5ccccc5n(-c5ccccc5)c4c3)c3cc(-c4ccccc4-c4ccccc4)ccc3-c3ccccc3-c3ccccc3)cc2)cc1. The Labute approximate surface area is 362 Å². The van der Waals surface area contributed by atoms with Crippen LogP contribution in [0.25, 0.3) is 83.1 Å². The topological polar surface area (TPSA) is 8.17 Å². The van der Waals surface area contributed by atoms with E-state index in [1.807, 2.05) is 0 Å². The van der Waals surface area contributed by atoms with E-state index in [4.69, 9.17) is 0 Å². The average molecular weight is 791 g/mol. The molecule has 0 saturated carbocycles. The Kier molecular flexibility index (Phi) is 9.57. The number of hydrogen-bond acceptors (Lipinski definition) is 1. The zero-order valence-corrected chi connectivity index (χ0v) is 34.1. The molecule has 62 heavy (non-hydrogen) atoms. The van der Waals surface area contributed by atoms with Gasteiger partial charge in [0.25, 0.3) is 0 Å². The Balaban J connectivity index is 1.21. The Morgan fingerprint density at radius 2 is 0.710 bits per heavy atom. The highest BCUT2D eigenvalue weighted by Gasteiger charge is 2.23. The van der Waals surface area contributed by atoms with E-state index in [-0.39, 0.29) is 0 Å². The van der Waals surface area contributed by atoms with E-state index in [1.165, 1.54) is 60.8 Å². The van der Waals surface area contributed by atoms with Crippen molar-refractivity contribution in [3.8, 4) is 61.3 Å². The molecule has 0 amide bonds. The molecule has 0 bridgehead atoms. The highest BCUT2D eigenvalue weighted by Crippen LogP contribution is 2.47. The quantitative estimate of drug-likeness (QED) is 0.141. The van der Waals surface area contributed by atoms with E-state index in [1.54, 1.807) is 0 Å². The average Bonchev–Trinajstić information content (AvgIpc) is 3.69. The maximum Gasteiger partial charge on any atom is 0.0561 e. The van der Waals surface area contributed by atoms with Gasteiger partial charge in [-0.3, -0.25) is 0 Å². The van der Waals surface area contributed by atoms with Gasteiger partial charge in [-0.15, -0.1) is 0 Å². The van der Waals surface area contributed by atoms with Gasteiger partial charge in [0.2, 0.25) is 0 Å². The van der Waals surface area contributed by atoms with E-state index in [2.05, 4.69) is 264 Å². The lowest BCUT2D eigenvalue weighted by Gasteiger charge is -2.30. The van der Waals surface area contributed by atoms with Gasteiger partial charge in [0, 0.05) is 33.4 Å². The summed E-state index contributed by atoms with van der Waals surface area (Å²) in [6, 6.07) is 92.2. The molecule has 2 nitrogen and oxygen atoms in total. The first kappa shape index (κ1) is 36.8. The fourth-order valence-corrected chi connectivity index (χ4v) is 9.12. The Hall–Kier alpha value is -8.20. The van der Waals surface area contributed by atoms with E-state index in [0.717, 1.165) is 39.4 Å². The van der Waals surface area contributed by atoms with E-state index in [9.17, 15) is 0 Å². The monoisotopic (exact) mass is 790 g/mol. The molecule has 1 aromatic heterocycles. The first-order valence-electron chi connectivity index (χ1n) is 21.3. The molecule has 0 unspecified atom stereocenters. The number of para-hydroxylation sites is 2. The summed E-state index contributed by atoms with van der Waals surface area (Å²) in [5.74, 6) is 0. The third-order valence-corrected chi connectivity index (χ3v) is 12.0. The third kappa shape index (κ3) is 6.74. The van der Waals surface area contributed by atoms with Crippen LogP contribution in [0.3, 0.4) is 0 Å². The second kappa shape index (κ2) is 16.1. The third-order valence-electron chi connectivity index (χ3n) is 12.0. The molecule has 1 heterocycles. The Bertz CT molecular complexity index is 3310. The van der Waals surface area contributed by atoms with Crippen LogP contribution in [-0.4, -0.2) is 4.57 Å². The zero-order chi connectivity index (χ0) is 41.2. The van der Waals surface area contributed by atoms with Crippen molar-refractivity contribution in [1.82, 2.24) is 4.57 Å². The number of rotatable bonds is 9. The van der Waals surface area contributed by atoms with Crippen LogP contribution in [0.1, 0.15) is 0 Å². The van der Waals surface area contributed by atoms with Gasteiger partial charge in [-0.1, -0.05) is 206 Å². The predicted octanol–water partition coefficient (Wildman–Crippen LogP) is 16.6. The Morgan fingerprint density at radius 3 is 1.35 bits per heavy atom. The number of fused-ring (bicyclic) bond motifs is 3. The molecule has 0 fully saturated rings. The lowest BCUT2D eigenvalue weighted by molar-refractivity contribution is 1.18. The zero-order valence-electron chi connectivity index (χ0n) is 34.1. The summed E-state index contributed by atoms with van der Waals surface area (Å²) < 4.78 is 2.41. The minimum Gasteiger partial charge on any atom is -0.310 e. The van der Waals surface area contributed by atoms with Gasteiger partial charge < -0.3 is 9.47 Å². The van der Waals surface area contributed by atoms with Gasteiger partial charge in [0.05, 0.1) is 16.7 Å². The first-order chi connectivity index (χ1) is 30.8. The predicted molar refractivity (Wildman–Crippen MR) is 263 cm³/mol. The number of anilines is 3. The number of benzene rings is 10. The van der Waals surface area contributed by atoms with Gasteiger partial charge in [-0.25, -0.2) is 0 Å². The summed E-state index contributed by atoms with van der Waals surface area (Å²) in [7, 11) is 0. The van der Waals surface area contributed by atoms with Crippen molar-refractivity contribution >= 4 is 38.9 Å². The Morgan fingerprint density at radius 1 is 0.258 bits per heavy atom. The van der Waals surface area contributed by atoms with Crippen LogP contribution in [0.4, 0.5) is 17.1 Å². The van der Waals surface area contributed by atoms with Crippen LogP contribution in [0.5, 0.6) is 0 Å². The van der Waals surface area contributed by atoms with E-state index < -0.39 is 0 Å². The van der Waals surface area contributed by atoms with Gasteiger partial charge >= 0.3 is 0 Å². The lowest BCUT2D eigenvalue weighted by Crippen LogP contribution is -2.12. The number of hydrogen-bond donors (Lipinski definition) is 0. The molecule has 0 radical (unpaired) electrons. The molecule has 0 aliphatic heterocycles. The van der Waals surface area contributed by atoms with Crippen LogP contribution in [0.15, 0.2) is 255 Å². The van der Waals surface area contributed by atoms with Crippen molar-refractivity contribution in [2.45, 2.75) is 0 Å². The van der Waals surface area contributed by atoms with Crippen LogP contribution in [0.2, 0.25) is 0 Å². The summed E-state index contributed by atoms with van der Waals surface area (Å²) in [6.45, 7) is 0. The molecule has 11 aromatic rings. The highest BCUT2D eigenvalue weighted by molar-refractivity contribution is 6.11. The molecule has 0 spiro atoms. The standard InChI is InChI=1S/C60H42N2/c1-5-19-43(20-6-1)44-33-36-49(37-34-44)61(50-38-40-57-55-31-17-18-32-58(55)62(60(57)42-50)48-25-11-4-12-26-48)59-41-47(53-29-14-13-27-51(53)45-21-7-2-8-22-45)35-39-56(59)54-30-16-15-28-52(54)46-23-9-3-10-24-46/h1-42H. The molecule has 292 valence electrons. The van der Waals surface area contributed by atoms with Crippen LogP contribution in [0, 0.1) is 0 Å². The molecule has 0 atom stereocenters. The van der Waals surface area contributed by atoms with Crippen molar-refractivity contribution in [3.63, 3.8) is 0 Å². The lowest BCUT2D eigenvalue weighted by atomic mass is 9.89. The molecule has 0 N–H and O–H groups in total. The fraction of sp³-hybridized carbons (Fsp3) is 0. The molecular weight excluding hydrogens is 749 g/mol. The van der Waals surface area contributed by atoms with Crippen LogP contribution in [-0.2, 0) is 0 Å². The molecule has 10 aromatic carbocycles. The number of nitrogens with zero attached hydrogens (tertiary/aromatic N) is 2. The second-order valence-corrected chi connectivity index (χ2v) is 15.7. The largest absolute Gasteiger partial charge is 0.310 e. The molecule has 0 aliphatic rings. The van der Waals surface area contributed by atoms with Gasteiger partial charge in [0.1, 0.15) is 0 Å². The summed E-state index contributed by atoms with van der Waals surface area (Å²) in [5, 5.41) is 2.45. The molecule has 2 heteroatoms.